The molecule has 3 amide bonds. The highest BCUT2D eigenvalue weighted by Gasteiger charge is 2.25. The van der Waals surface area contributed by atoms with Crippen molar-refractivity contribution in [1.82, 2.24) is 10.2 Å². The summed E-state index contributed by atoms with van der Waals surface area (Å²) >= 11 is 0. The van der Waals surface area contributed by atoms with Crippen molar-refractivity contribution in [2.24, 2.45) is 5.73 Å². The summed E-state index contributed by atoms with van der Waals surface area (Å²) in [6, 6.07) is 10.8. The average molecular weight is 379 g/mol. The zero-order valence-electron chi connectivity index (χ0n) is 14.3. The second kappa shape index (κ2) is 9.26. The molecule has 1 aliphatic rings. The van der Waals surface area contributed by atoms with Crippen molar-refractivity contribution < 1.29 is 14.0 Å². The van der Waals surface area contributed by atoms with E-state index >= 15 is 0 Å². The maximum absolute atomic E-state index is 12.4. The molecule has 0 radical (unpaired) electrons. The number of anilines is 1. The smallest absolute Gasteiger partial charge is 0.319 e. The molecule has 2 heterocycles. The molecule has 0 bridgehead atoms. The van der Waals surface area contributed by atoms with Crippen LogP contribution in [0, 0.1) is 0 Å². The van der Waals surface area contributed by atoms with Crippen molar-refractivity contribution in [3.05, 3.63) is 54.0 Å². The Kier molecular flexibility index (Phi) is 7.06. The van der Waals surface area contributed by atoms with Crippen molar-refractivity contribution in [1.29, 1.82) is 0 Å². The molecule has 1 saturated heterocycles. The fourth-order valence-corrected chi connectivity index (χ4v) is 2.88. The van der Waals surface area contributed by atoms with Gasteiger partial charge in [0.2, 0.25) is 0 Å². The highest BCUT2D eigenvalue weighted by Crippen LogP contribution is 2.16. The van der Waals surface area contributed by atoms with E-state index in [9.17, 15) is 9.59 Å². The van der Waals surface area contributed by atoms with Crippen molar-refractivity contribution in [2.75, 3.05) is 18.4 Å². The van der Waals surface area contributed by atoms with Crippen LogP contribution in [-0.4, -0.2) is 36.0 Å². The van der Waals surface area contributed by atoms with E-state index in [1.807, 2.05) is 30.3 Å². The van der Waals surface area contributed by atoms with E-state index in [1.54, 1.807) is 11.0 Å². The van der Waals surface area contributed by atoms with E-state index in [0.717, 1.165) is 18.5 Å². The number of benzene rings is 1. The molecule has 0 unspecified atom stereocenters. The van der Waals surface area contributed by atoms with Gasteiger partial charge in [0.15, 0.2) is 0 Å². The minimum atomic E-state index is -0.224. The first-order valence-electron chi connectivity index (χ1n) is 8.35. The standard InChI is InChI=1S/C18H22N4O3.ClH/c19-11-16-10-13(12-25-16)17(23)22-8-6-15(7-9-22)21-18(24)20-14-4-2-1-3-5-14;/h1-5,10,12,15H,6-9,11,19H2,(H2,20,21,24);1H. The van der Waals surface area contributed by atoms with Crippen LogP contribution in [0.2, 0.25) is 0 Å². The Labute approximate surface area is 158 Å². The average Bonchev–Trinajstić information content (AvgIpc) is 3.12. The maximum atomic E-state index is 12.4. The quantitative estimate of drug-likeness (QED) is 0.761. The SMILES string of the molecule is Cl.NCc1cc(C(=O)N2CCC(NC(=O)Nc3ccccc3)CC2)co1. The molecule has 3 rings (SSSR count). The Hall–Kier alpha value is -2.51. The number of halogens is 1. The summed E-state index contributed by atoms with van der Waals surface area (Å²) in [5.74, 6) is 0.535. The summed E-state index contributed by atoms with van der Waals surface area (Å²) in [6.45, 7) is 1.46. The first kappa shape index (κ1) is 19.8. The molecule has 0 spiro atoms. The van der Waals surface area contributed by atoms with Crippen LogP contribution in [0.4, 0.5) is 10.5 Å². The molecule has 26 heavy (non-hydrogen) atoms. The maximum Gasteiger partial charge on any atom is 0.319 e. The van der Waals surface area contributed by atoms with Crippen molar-refractivity contribution in [2.45, 2.75) is 25.4 Å². The Morgan fingerprint density at radius 3 is 2.50 bits per heavy atom. The number of piperidine rings is 1. The van der Waals surface area contributed by atoms with Crippen LogP contribution in [0.5, 0.6) is 0 Å². The normalized spacial score (nSPS) is 14.4. The van der Waals surface area contributed by atoms with Crippen LogP contribution in [0.3, 0.4) is 0 Å². The summed E-state index contributed by atoms with van der Waals surface area (Å²) < 4.78 is 5.22. The Morgan fingerprint density at radius 1 is 1.19 bits per heavy atom. The Bertz CT molecular complexity index is 727. The molecule has 4 N–H and O–H groups in total. The molecule has 1 aliphatic heterocycles. The first-order chi connectivity index (χ1) is 12.2. The predicted molar refractivity (Wildman–Crippen MR) is 101 cm³/mol. The number of rotatable bonds is 4. The number of amides is 3. The zero-order valence-corrected chi connectivity index (χ0v) is 15.1. The summed E-state index contributed by atoms with van der Waals surface area (Å²) in [6.07, 6.45) is 2.88. The number of nitrogens with two attached hydrogens (primary N) is 1. The minimum Gasteiger partial charge on any atom is -0.467 e. The van der Waals surface area contributed by atoms with E-state index in [2.05, 4.69) is 10.6 Å². The van der Waals surface area contributed by atoms with Gasteiger partial charge in [0.05, 0.1) is 12.1 Å². The van der Waals surface area contributed by atoms with Gasteiger partial charge in [-0.3, -0.25) is 4.79 Å². The number of furan rings is 1. The first-order valence-corrected chi connectivity index (χ1v) is 8.35. The van der Waals surface area contributed by atoms with Crippen LogP contribution < -0.4 is 16.4 Å². The molecule has 0 aliphatic carbocycles. The predicted octanol–water partition coefficient (Wildman–Crippen LogP) is 2.59. The lowest BCUT2D eigenvalue weighted by Crippen LogP contribution is -2.47. The molecule has 1 fully saturated rings. The molecule has 0 saturated carbocycles. The number of para-hydroxylation sites is 1. The second-order valence-corrected chi connectivity index (χ2v) is 6.04. The largest absolute Gasteiger partial charge is 0.467 e. The van der Waals surface area contributed by atoms with Gasteiger partial charge in [0.1, 0.15) is 12.0 Å². The monoisotopic (exact) mass is 378 g/mol. The number of urea groups is 1. The zero-order chi connectivity index (χ0) is 17.6. The summed E-state index contributed by atoms with van der Waals surface area (Å²) in [5, 5.41) is 5.76. The van der Waals surface area contributed by atoms with Gasteiger partial charge in [0, 0.05) is 24.8 Å². The van der Waals surface area contributed by atoms with Crippen LogP contribution in [0.1, 0.15) is 29.0 Å². The number of hydrogen-bond donors (Lipinski definition) is 3. The molecule has 1 aromatic carbocycles. The molecule has 7 nitrogen and oxygen atoms in total. The summed E-state index contributed by atoms with van der Waals surface area (Å²) in [7, 11) is 0. The van der Waals surface area contributed by atoms with Crippen LogP contribution >= 0.6 is 12.4 Å². The minimum absolute atomic E-state index is 0. The Balaban J connectivity index is 0.00000243. The van der Waals surface area contributed by atoms with Crippen LogP contribution in [-0.2, 0) is 6.54 Å². The van der Waals surface area contributed by atoms with E-state index in [0.29, 0.717) is 24.4 Å². The third-order valence-electron chi connectivity index (χ3n) is 4.25. The van der Waals surface area contributed by atoms with Gasteiger partial charge >= 0.3 is 6.03 Å². The molecule has 1 aromatic heterocycles. The van der Waals surface area contributed by atoms with E-state index in [4.69, 9.17) is 10.2 Å². The molecular formula is C18H23ClN4O3. The number of nitrogens with one attached hydrogen (secondary N) is 2. The van der Waals surface area contributed by atoms with Crippen molar-refractivity contribution in [3.8, 4) is 0 Å². The number of hydrogen-bond acceptors (Lipinski definition) is 4. The number of carbonyl (C=O) groups is 2. The van der Waals surface area contributed by atoms with Gasteiger partial charge in [-0.15, -0.1) is 12.4 Å². The Morgan fingerprint density at radius 2 is 1.88 bits per heavy atom. The molecule has 140 valence electrons. The fraction of sp³-hybridized carbons (Fsp3) is 0.333. The lowest BCUT2D eigenvalue weighted by atomic mass is 10.0. The lowest BCUT2D eigenvalue weighted by Gasteiger charge is -2.32. The van der Waals surface area contributed by atoms with Crippen LogP contribution in [0.25, 0.3) is 0 Å². The fourth-order valence-electron chi connectivity index (χ4n) is 2.88. The van der Waals surface area contributed by atoms with Gasteiger partial charge in [-0.25, -0.2) is 4.79 Å². The van der Waals surface area contributed by atoms with E-state index in [-0.39, 0.29) is 36.9 Å². The van der Waals surface area contributed by atoms with Gasteiger partial charge in [-0.05, 0) is 31.0 Å². The van der Waals surface area contributed by atoms with E-state index < -0.39 is 0 Å². The summed E-state index contributed by atoms with van der Waals surface area (Å²) in [4.78, 5) is 26.2. The van der Waals surface area contributed by atoms with E-state index in [1.165, 1.54) is 6.26 Å². The van der Waals surface area contributed by atoms with Gasteiger partial charge < -0.3 is 25.7 Å². The van der Waals surface area contributed by atoms with Crippen LogP contribution in [0.15, 0.2) is 47.1 Å². The number of carbonyl (C=O) groups excluding carboxylic acids is 2. The third kappa shape index (κ3) is 5.00. The summed E-state index contributed by atoms with van der Waals surface area (Å²) in [5.41, 5.74) is 6.77. The van der Waals surface area contributed by atoms with Crippen molar-refractivity contribution in [3.63, 3.8) is 0 Å². The molecule has 8 heteroatoms. The molecule has 0 atom stereocenters. The lowest BCUT2D eigenvalue weighted by molar-refractivity contribution is 0.0708. The highest BCUT2D eigenvalue weighted by atomic mass is 35.5. The second-order valence-electron chi connectivity index (χ2n) is 6.04. The van der Waals surface area contributed by atoms with Gasteiger partial charge in [-0.1, -0.05) is 18.2 Å². The third-order valence-corrected chi connectivity index (χ3v) is 4.25. The van der Waals surface area contributed by atoms with Gasteiger partial charge in [0.25, 0.3) is 5.91 Å². The highest BCUT2D eigenvalue weighted by molar-refractivity contribution is 5.94. The number of nitrogens with zero attached hydrogens (tertiary/aromatic N) is 1. The number of likely N-dealkylation sites (tertiary alicyclic amines) is 1. The van der Waals surface area contributed by atoms with Crippen molar-refractivity contribution >= 4 is 30.0 Å². The topological polar surface area (TPSA) is 101 Å². The van der Waals surface area contributed by atoms with Gasteiger partial charge in [-0.2, -0.15) is 0 Å². The molecule has 2 aromatic rings. The molecular weight excluding hydrogens is 356 g/mol.